The van der Waals surface area contributed by atoms with E-state index in [4.69, 9.17) is 4.74 Å². The average molecular weight is 421 g/mol. The number of hydrogen-bond donors (Lipinski definition) is 3. The molecule has 156 valence electrons. The van der Waals surface area contributed by atoms with Crippen molar-refractivity contribution in [1.82, 2.24) is 15.5 Å². The molecule has 0 bridgehead atoms. The van der Waals surface area contributed by atoms with Gasteiger partial charge in [-0.15, -0.1) is 11.3 Å². The van der Waals surface area contributed by atoms with Crippen LogP contribution in [0.5, 0.6) is 5.75 Å². The third-order valence-electron chi connectivity index (χ3n) is 4.52. The third-order valence-corrected chi connectivity index (χ3v) is 5.54. The standard InChI is InChI=1S/C20H24FN3O4S/c21-15-2-1-3-17(10-15)28-13-16(25)11-23-20(27)22-7-4-19(26)24-8-5-18-14(12-24)6-9-29-18/h1-3,6,9-10,16,25H,4-5,7-8,11-13H2,(H2,22,23,27). The molecule has 2 aromatic rings. The molecule has 0 fully saturated rings. The maximum absolute atomic E-state index is 13.1. The first-order valence-corrected chi connectivity index (χ1v) is 10.3. The highest BCUT2D eigenvalue weighted by Gasteiger charge is 2.21. The van der Waals surface area contributed by atoms with E-state index in [9.17, 15) is 19.1 Å². The Kier molecular flexibility index (Phi) is 7.42. The summed E-state index contributed by atoms with van der Waals surface area (Å²) in [6, 6.07) is 7.17. The van der Waals surface area contributed by atoms with Crippen molar-refractivity contribution < 1.29 is 23.8 Å². The van der Waals surface area contributed by atoms with Crippen LogP contribution < -0.4 is 15.4 Å². The lowest BCUT2D eigenvalue weighted by Gasteiger charge is -2.27. The van der Waals surface area contributed by atoms with Gasteiger partial charge in [0.1, 0.15) is 24.3 Å². The van der Waals surface area contributed by atoms with E-state index in [0.717, 1.165) is 6.42 Å². The molecule has 29 heavy (non-hydrogen) atoms. The van der Waals surface area contributed by atoms with Crippen molar-refractivity contribution in [3.63, 3.8) is 0 Å². The van der Waals surface area contributed by atoms with Crippen molar-refractivity contribution in [1.29, 1.82) is 0 Å². The fourth-order valence-corrected chi connectivity index (χ4v) is 3.87. The number of carbonyl (C=O) groups is 2. The van der Waals surface area contributed by atoms with Crippen molar-refractivity contribution in [2.75, 3.05) is 26.2 Å². The van der Waals surface area contributed by atoms with Gasteiger partial charge in [0.25, 0.3) is 0 Å². The van der Waals surface area contributed by atoms with Crippen LogP contribution in [-0.2, 0) is 17.8 Å². The van der Waals surface area contributed by atoms with E-state index < -0.39 is 18.0 Å². The summed E-state index contributed by atoms with van der Waals surface area (Å²) in [6.07, 6.45) is 0.152. The Morgan fingerprint density at radius 2 is 2.17 bits per heavy atom. The second-order valence-corrected chi connectivity index (χ2v) is 7.74. The number of rotatable bonds is 8. The van der Waals surface area contributed by atoms with Crippen LogP contribution in [0.2, 0.25) is 0 Å². The first kappa shape index (κ1) is 21.1. The van der Waals surface area contributed by atoms with Crippen molar-refractivity contribution in [2.24, 2.45) is 0 Å². The van der Waals surface area contributed by atoms with Crippen LogP contribution in [0.15, 0.2) is 35.7 Å². The van der Waals surface area contributed by atoms with Crippen LogP contribution in [0.1, 0.15) is 16.9 Å². The summed E-state index contributed by atoms with van der Waals surface area (Å²) in [5.74, 6) is -0.116. The Morgan fingerprint density at radius 1 is 1.31 bits per heavy atom. The summed E-state index contributed by atoms with van der Waals surface area (Å²) < 4.78 is 18.3. The van der Waals surface area contributed by atoms with E-state index in [2.05, 4.69) is 16.7 Å². The minimum atomic E-state index is -0.946. The normalized spacial score (nSPS) is 14.1. The molecular formula is C20H24FN3O4S. The van der Waals surface area contributed by atoms with Gasteiger partial charge in [0, 0.05) is 43.5 Å². The number of benzene rings is 1. The molecule has 1 aliphatic rings. The summed E-state index contributed by atoms with van der Waals surface area (Å²) >= 11 is 1.72. The van der Waals surface area contributed by atoms with Crippen molar-refractivity contribution >= 4 is 23.3 Å². The molecule has 1 aromatic carbocycles. The number of nitrogens with one attached hydrogen (secondary N) is 2. The van der Waals surface area contributed by atoms with Gasteiger partial charge in [0.15, 0.2) is 0 Å². The van der Waals surface area contributed by atoms with Gasteiger partial charge in [0.2, 0.25) is 5.91 Å². The lowest BCUT2D eigenvalue weighted by Crippen LogP contribution is -2.43. The summed E-state index contributed by atoms with van der Waals surface area (Å²) in [4.78, 5) is 27.2. The highest BCUT2D eigenvalue weighted by atomic mass is 32.1. The number of thiophene rings is 1. The van der Waals surface area contributed by atoms with Gasteiger partial charge in [-0.05, 0) is 35.6 Å². The lowest BCUT2D eigenvalue weighted by molar-refractivity contribution is -0.131. The van der Waals surface area contributed by atoms with Crippen LogP contribution in [0, 0.1) is 5.82 Å². The number of halogens is 1. The number of urea groups is 1. The fraction of sp³-hybridized carbons (Fsp3) is 0.400. The number of aliphatic hydroxyl groups excluding tert-OH is 1. The average Bonchev–Trinajstić information content (AvgIpc) is 3.18. The van der Waals surface area contributed by atoms with Crippen molar-refractivity contribution in [3.8, 4) is 5.75 Å². The van der Waals surface area contributed by atoms with Crippen molar-refractivity contribution in [3.05, 3.63) is 52.0 Å². The van der Waals surface area contributed by atoms with Crippen LogP contribution in [0.3, 0.4) is 0 Å². The predicted molar refractivity (Wildman–Crippen MR) is 107 cm³/mol. The minimum Gasteiger partial charge on any atom is -0.491 e. The predicted octanol–water partition coefficient (Wildman–Crippen LogP) is 1.90. The zero-order chi connectivity index (χ0) is 20.6. The molecule has 9 heteroatoms. The Labute approximate surface area is 172 Å². The smallest absolute Gasteiger partial charge is 0.314 e. The lowest BCUT2D eigenvalue weighted by atomic mass is 10.1. The molecule has 2 heterocycles. The topological polar surface area (TPSA) is 90.9 Å². The maximum atomic E-state index is 13.1. The molecule has 1 unspecified atom stereocenters. The number of fused-ring (bicyclic) bond motifs is 1. The first-order valence-electron chi connectivity index (χ1n) is 9.42. The van der Waals surface area contributed by atoms with E-state index in [1.165, 1.54) is 28.6 Å². The van der Waals surface area contributed by atoms with Gasteiger partial charge >= 0.3 is 6.03 Å². The number of amides is 3. The molecule has 0 saturated carbocycles. The molecule has 3 amide bonds. The second kappa shape index (κ2) is 10.2. The number of aliphatic hydroxyl groups is 1. The summed E-state index contributed by atoms with van der Waals surface area (Å²) in [5, 5.41) is 17.0. The Morgan fingerprint density at radius 3 is 3.00 bits per heavy atom. The van der Waals surface area contributed by atoms with Crippen molar-refractivity contribution in [2.45, 2.75) is 25.5 Å². The molecule has 0 spiro atoms. The summed E-state index contributed by atoms with van der Waals surface area (Å²) in [7, 11) is 0. The van der Waals surface area contributed by atoms with E-state index in [-0.39, 0.29) is 32.0 Å². The molecule has 1 aliphatic heterocycles. The Bertz CT molecular complexity index is 845. The van der Waals surface area contributed by atoms with E-state index in [0.29, 0.717) is 18.8 Å². The second-order valence-electron chi connectivity index (χ2n) is 6.74. The highest BCUT2D eigenvalue weighted by molar-refractivity contribution is 7.10. The maximum Gasteiger partial charge on any atom is 0.314 e. The number of hydrogen-bond acceptors (Lipinski definition) is 5. The number of ether oxygens (including phenoxy) is 1. The van der Waals surface area contributed by atoms with Gasteiger partial charge in [-0.2, -0.15) is 0 Å². The van der Waals surface area contributed by atoms with Gasteiger partial charge in [-0.1, -0.05) is 6.07 Å². The third kappa shape index (κ3) is 6.43. The van der Waals surface area contributed by atoms with Crippen LogP contribution >= 0.6 is 11.3 Å². The van der Waals surface area contributed by atoms with Gasteiger partial charge < -0.3 is 25.4 Å². The quantitative estimate of drug-likeness (QED) is 0.607. The Balaban J connectivity index is 1.28. The Hall–Kier alpha value is -2.65. The molecule has 3 N–H and O–H groups in total. The molecular weight excluding hydrogens is 397 g/mol. The van der Waals surface area contributed by atoms with Crippen LogP contribution in [0.4, 0.5) is 9.18 Å². The molecule has 0 saturated heterocycles. The molecule has 1 atom stereocenters. The number of carbonyl (C=O) groups excluding carboxylic acids is 2. The van der Waals surface area contributed by atoms with Crippen LogP contribution in [0.25, 0.3) is 0 Å². The van der Waals surface area contributed by atoms with Gasteiger partial charge in [0.05, 0.1) is 0 Å². The molecule has 1 aromatic heterocycles. The number of nitrogens with zero attached hydrogens (tertiary/aromatic N) is 1. The van der Waals surface area contributed by atoms with E-state index in [1.54, 1.807) is 17.4 Å². The SMILES string of the molecule is O=C(NCCC(=O)N1CCc2sccc2C1)NCC(O)COc1cccc(F)c1. The minimum absolute atomic E-state index is 0.00526. The summed E-state index contributed by atoms with van der Waals surface area (Å²) in [6.45, 7) is 1.44. The van der Waals surface area contributed by atoms with Gasteiger partial charge in [-0.3, -0.25) is 4.79 Å². The highest BCUT2D eigenvalue weighted by Crippen LogP contribution is 2.24. The first-order chi connectivity index (χ1) is 14.0. The molecule has 7 nitrogen and oxygen atoms in total. The summed E-state index contributed by atoms with van der Waals surface area (Å²) in [5.41, 5.74) is 1.20. The fourth-order valence-electron chi connectivity index (χ4n) is 2.98. The van der Waals surface area contributed by atoms with E-state index in [1.807, 2.05) is 10.3 Å². The molecule has 0 radical (unpaired) electrons. The van der Waals surface area contributed by atoms with E-state index >= 15 is 0 Å². The largest absolute Gasteiger partial charge is 0.491 e. The zero-order valence-electron chi connectivity index (χ0n) is 15.9. The van der Waals surface area contributed by atoms with Crippen LogP contribution in [-0.4, -0.2) is 54.3 Å². The molecule has 3 rings (SSSR count). The molecule has 0 aliphatic carbocycles. The zero-order valence-corrected chi connectivity index (χ0v) is 16.7. The monoisotopic (exact) mass is 421 g/mol. The van der Waals surface area contributed by atoms with Gasteiger partial charge in [-0.25, -0.2) is 9.18 Å².